The van der Waals surface area contributed by atoms with Crippen molar-refractivity contribution < 1.29 is 9.90 Å². The van der Waals surface area contributed by atoms with Crippen molar-refractivity contribution in [3.05, 3.63) is 35.4 Å². The molecule has 2 aliphatic heterocycles. The highest BCUT2D eigenvalue weighted by Crippen LogP contribution is 2.37. The summed E-state index contributed by atoms with van der Waals surface area (Å²) in [5.74, 6) is 2.11. The fourth-order valence-electron chi connectivity index (χ4n) is 3.77. The minimum atomic E-state index is -1.12. The normalized spacial score (nSPS) is 27.9. The molecular weight excluding hydrogens is 294 g/mol. The smallest absolute Gasteiger partial charge is 0.254 e. The zero-order chi connectivity index (χ0) is 15.7. The number of nitrogens with zero attached hydrogens (tertiary/aromatic N) is 1. The van der Waals surface area contributed by atoms with E-state index >= 15 is 0 Å². The lowest BCUT2D eigenvalue weighted by molar-refractivity contribution is -0.152. The van der Waals surface area contributed by atoms with Gasteiger partial charge in [-0.05, 0) is 55.7 Å². The highest BCUT2D eigenvalue weighted by Gasteiger charge is 2.44. The molecule has 0 bridgehead atoms. The number of carbonyl (C=O) groups is 1. The predicted octanol–water partition coefficient (Wildman–Crippen LogP) is 2.96. The maximum atomic E-state index is 12.9. The van der Waals surface area contributed by atoms with Crippen LogP contribution in [0, 0.1) is 6.92 Å². The standard InChI is InChI=1S/C18H25NO2S/c1-13-5-3-4-6-16(13)15-11-14(2)19(12-15)17(20)18(21)7-9-22-10-8-18/h3-6,14-15,21H,7-12H2,1-2H3. The van der Waals surface area contributed by atoms with E-state index in [4.69, 9.17) is 0 Å². The highest BCUT2D eigenvalue weighted by molar-refractivity contribution is 7.99. The molecule has 2 atom stereocenters. The van der Waals surface area contributed by atoms with E-state index in [2.05, 4.69) is 38.1 Å². The van der Waals surface area contributed by atoms with Gasteiger partial charge in [0.05, 0.1) is 0 Å². The van der Waals surface area contributed by atoms with Crippen LogP contribution >= 0.6 is 11.8 Å². The summed E-state index contributed by atoms with van der Waals surface area (Å²) in [6, 6.07) is 8.64. The van der Waals surface area contributed by atoms with E-state index < -0.39 is 5.60 Å². The lowest BCUT2D eigenvalue weighted by Gasteiger charge is -2.35. The molecule has 120 valence electrons. The van der Waals surface area contributed by atoms with E-state index in [0.717, 1.165) is 24.5 Å². The Labute approximate surface area is 137 Å². The Hall–Kier alpha value is -1.000. The zero-order valence-corrected chi connectivity index (χ0v) is 14.2. The van der Waals surface area contributed by atoms with Gasteiger partial charge in [0.1, 0.15) is 5.60 Å². The SMILES string of the molecule is Cc1ccccc1C1CC(C)N(C(=O)C2(O)CCSCC2)C1. The fourth-order valence-corrected chi connectivity index (χ4v) is 4.94. The molecule has 22 heavy (non-hydrogen) atoms. The Morgan fingerprint density at radius 2 is 2.00 bits per heavy atom. The van der Waals surface area contributed by atoms with Crippen molar-refractivity contribution in [3.8, 4) is 0 Å². The van der Waals surface area contributed by atoms with E-state index in [9.17, 15) is 9.90 Å². The van der Waals surface area contributed by atoms with E-state index in [0.29, 0.717) is 18.8 Å². The van der Waals surface area contributed by atoms with Crippen LogP contribution in [-0.4, -0.2) is 45.6 Å². The molecule has 4 heteroatoms. The van der Waals surface area contributed by atoms with Gasteiger partial charge in [0.2, 0.25) is 0 Å². The van der Waals surface area contributed by atoms with Crippen molar-refractivity contribution in [2.75, 3.05) is 18.1 Å². The van der Waals surface area contributed by atoms with Gasteiger partial charge in [0, 0.05) is 18.5 Å². The first-order valence-corrected chi connectivity index (χ1v) is 9.33. The minimum Gasteiger partial charge on any atom is -0.380 e. The molecule has 2 fully saturated rings. The van der Waals surface area contributed by atoms with Gasteiger partial charge in [-0.25, -0.2) is 0 Å². The molecule has 0 spiro atoms. The van der Waals surface area contributed by atoms with Gasteiger partial charge in [-0.3, -0.25) is 4.79 Å². The number of carbonyl (C=O) groups excluding carboxylic acids is 1. The van der Waals surface area contributed by atoms with Gasteiger partial charge in [-0.2, -0.15) is 11.8 Å². The summed E-state index contributed by atoms with van der Waals surface area (Å²) in [7, 11) is 0. The third-order valence-electron chi connectivity index (χ3n) is 5.18. The maximum absolute atomic E-state index is 12.9. The van der Waals surface area contributed by atoms with Crippen LogP contribution in [0.2, 0.25) is 0 Å². The van der Waals surface area contributed by atoms with E-state index in [1.807, 2.05) is 16.7 Å². The first-order chi connectivity index (χ1) is 10.5. The quantitative estimate of drug-likeness (QED) is 0.911. The van der Waals surface area contributed by atoms with Gasteiger partial charge in [-0.15, -0.1) is 0 Å². The van der Waals surface area contributed by atoms with Crippen molar-refractivity contribution >= 4 is 17.7 Å². The Bertz CT molecular complexity index is 554. The number of aliphatic hydroxyl groups is 1. The van der Waals surface area contributed by atoms with Gasteiger partial charge >= 0.3 is 0 Å². The minimum absolute atomic E-state index is 0.0450. The zero-order valence-electron chi connectivity index (χ0n) is 13.4. The molecule has 3 rings (SSSR count). The molecule has 0 radical (unpaired) electrons. The molecule has 0 aromatic heterocycles. The lowest BCUT2D eigenvalue weighted by Crippen LogP contribution is -2.52. The van der Waals surface area contributed by atoms with Crippen LogP contribution in [0.5, 0.6) is 0 Å². The van der Waals surface area contributed by atoms with Crippen LogP contribution in [0.15, 0.2) is 24.3 Å². The van der Waals surface area contributed by atoms with Gasteiger partial charge in [0.25, 0.3) is 5.91 Å². The Balaban J connectivity index is 1.76. The maximum Gasteiger partial charge on any atom is 0.254 e. The van der Waals surface area contributed by atoms with Crippen LogP contribution in [0.3, 0.4) is 0 Å². The number of amides is 1. The van der Waals surface area contributed by atoms with Crippen molar-refractivity contribution in [1.82, 2.24) is 4.90 Å². The number of likely N-dealkylation sites (tertiary alicyclic amines) is 1. The summed E-state index contributed by atoms with van der Waals surface area (Å²) in [5, 5.41) is 10.7. The molecule has 1 aromatic rings. The van der Waals surface area contributed by atoms with Gasteiger partial charge in [-0.1, -0.05) is 24.3 Å². The van der Waals surface area contributed by atoms with Crippen molar-refractivity contribution in [3.63, 3.8) is 0 Å². The molecule has 1 amide bonds. The van der Waals surface area contributed by atoms with Crippen molar-refractivity contribution in [2.45, 2.75) is 50.7 Å². The summed E-state index contributed by atoms with van der Waals surface area (Å²) >= 11 is 1.83. The van der Waals surface area contributed by atoms with Crippen molar-refractivity contribution in [1.29, 1.82) is 0 Å². The Kier molecular flexibility index (Phi) is 4.51. The van der Waals surface area contributed by atoms with Crippen LogP contribution in [0.4, 0.5) is 0 Å². The Morgan fingerprint density at radius 3 is 2.68 bits per heavy atom. The average molecular weight is 319 g/mol. The fraction of sp³-hybridized carbons (Fsp3) is 0.611. The first kappa shape index (κ1) is 15.9. The molecule has 1 aromatic carbocycles. The van der Waals surface area contributed by atoms with Crippen LogP contribution in [-0.2, 0) is 4.79 Å². The van der Waals surface area contributed by atoms with E-state index in [-0.39, 0.29) is 11.9 Å². The second-order valence-corrected chi connectivity index (χ2v) is 7.96. The monoisotopic (exact) mass is 319 g/mol. The number of thioether (sulfide) groups is 1. The third kappa shape index (κ3) is 2.91. The van der Waals surface area contributed by atoms with Crippen LogP contribution in [0.25, 0.3) is 0 Å². The molecule has 2 aliphatic rings. The number of rotatable bonds is 2. The van der Waals surface area contributed by atoms with Gasteiger partial charge in [0.15, 0.2) is 0 Å². The summed E-state index contributed by atoms with van der Waals surface area (Å²) in [5.41, 5.74) is 1.51. The summed E-state index contributed by atoms with van der Waals surface area (Å²) in [6.07, 6.45) is 2.17. The average Bonchev–Trinajstić information content (AvgIpc) is 2.89. The molecule has 2 unspecified atom stereocenters. The summed E-state index contributed by atoms with van der Waals surface area (Å²) < 4.78 is 0. The topological polar surface area (TPSA) is 40.5 Å². The number of hydrogen-bond donors (Lipinski definition) is 1. The summed E-state index contributed by atoms with van der Waals surface area (Å²) in [4.78, 5) is 14.8. The third-order valence-corrected chi connectivity index (χ3v) is 6.17. The molecule has 2 saturated heterocycles. The van der Waals surface area contributed by atoms with Gasteiger partial charge < -0.3 is 10.0 Å². The second-order valence-electron chi connectivity index (χ2n) is 6.74. The number of aryl methyl sites for hydroxylation is 1. The highest BCUT2D eigenvalue weighted by atomic mass is 32.2. The molecule has 0 aliphatic carbocycles. The number of hydrogen-bond acceptors (Lipinski definition) is 3. The molecule has 1 N–H and O–H groups in total. The molecular formula is C18H25NO2S. The van der Waals surface area contributed by atoms with Crippen molar-refractivity contribution in [2.24, 2.45) is 0 Å². The predicted molar refractivity (Wildman–Crippen MR) is 91.2 cm³/mol. The van der Waals surface area contributed by atoms with Crippen LogP contribution in [0.1, 0.15) is 43.2 Å². The molecule has 0 saturated carbocycles. The second kappa shape index (κ2) is 6.25. The lowest BCUT2D eigenvalue weighted by atomic mass is 9.93. The molecule has 2 heterocycles. The Morgan fingerprint density at radius 1 is 1.32 bits per heavy atom. The largest absolute Gasteiger partial charge is 0.380 e. The number of benzene rings is 1. The summed E-state index contributed by atoms with van der Waals surface area (Å²) in [6.45, 7) is 4.98. The molecule has 3 nitrogen and oxygen atoms in total. The first-order valence-electron chi connectivity index (χ1n) is 8.18. The van der Waals surface area contributed by atoms with E-state index in [1.54, 1.807) is 0 Å². The van der Waals surface area contributed by atoms with Crippen LogP contribution < -0.4 is 0 Å². The van der Waals surface area contributed by atoms with E-state index in [1.165, 1.54) is 11.1 Å².